The van der Waals surface area contributed by atoms with Crippen molar-refractivity contribution in [3.8, 4) is 5.75 Å². The molecule has 6 nitrogen and oxygen atoms in total. The van der Waals surface area contributed by atoms with Gasteiger partial charge in [0.25, 0.3) is 5.91 Å². The smallest absolute Gasteiger partial charge is 0.406 e. The standard InChI is InChI=1S/C22H15F4N3O3/c1-12-11-21(12)19(30)28(14-3-5-15(6-4-14)32-22(24,25)26)20(31)29(21)18-8-9-27-17-7-2-13(23)10-16(17)18/h2-10,12H,11H2,1H3. The molecule has 164 valence electrons. The van der Waals surface area contributed by atoms with Gasteiger partial charge in [-0.2, -0.15) is 0 Å². The number of nitrogens with zero attached hydrogens (tertiary/aromatic N) is 3. The van der Waals surface area contributed by atoms with Crippen LogP contribution < -0.4 is 14.5 Å². The van der Waals surface area contributed by atoms with Gasteiger partial charge in [-0.15, -0.1) is 13.2 Å². The highest BCUT2D eigenvalue weighted by Gasteiger charge is 2.70. The zero-order valence-corrected chi connectivity index (χ0v) is 16.6. The summed E-state index contributed by atoms with van der Waals surface area (Å²) in [5, 5.41) is 0.378. The number of ether oxygens (including phenoxy) is 1. The molecule has 2 aromatic carbocycles. The Balaban J connectivity index is 1.58. The molecule has 0 N–H and O–H groups in total. The van der Waals surface area contributed by atoms with Crippen molar-refractivity contribution in [2.75, 3.05) is 9.80 Å². The Morgan fingerprint density at radius 1 is 1.09 bits per heavy atom. The minimum absolute atomic E-state index is 0.111. The van der Waals surface area contributed by atoms with Crippen LogP contribution in [0.2, 0.25) is 0 Å². The van der Waals surface area contributed by atoms with Crippen LogP contribution >= 0.6 is 0 Å². The van der Waals surface area contributed by atoms with Crippen molar-refractivity contribution in [3.05, 3.63) is 60.5 Å². The van der Waals surface area contributed by atoms with E-state index in [4.69, 9.17) is 0 Å². The number of carbonyl (C=O) groups is 2. The molecule has 32 heavy (non-hydrogen) atoms. The van der Waals surface area contributed by atoms with Gasteiger partial charge in [0.1, 0.15) is 17.1 Å². The van der Waals surface area contributed by atoms with Crippen LogP contribution in [0.4, 0.5) is 33.7 Å². The van der Waals surface area contributed by atoms with E-state index in [1.807, 2.05) is 6.92 Å². The number of benzene rings is 2. The van der Waals surface area contributed by atoms with Gasteiger partial charge in [-0.05, 0) is 60.9 Å². The number of pyridine rings is 1. The Kier molecular flexibility index (Phi) is 4.20. The average Bonchev–Trinajstić information content (AvgIpc) is 3.34. The largest absolute Gasteiger partial charge is 0.573 e. The summed E-state index contributed by atoms with van der Waals surface area (Å²) in [7, 11) is 0. The molecule has 2 heterocycles. The molecule has 0 radical (unpaired) electrons. The second kappa shape index (κ2) is 6.65. The van der Waals surface area contributed by atoms with Gasteiger partial charge in [-0.25, -0.2) is 14.1 Å². The van der Waals surface area contributed by atoms with Crippen molar-refractivity contribution in [1.82, 2.24) is 4.98 Å². The van der Waals surface area contributed by atoms with E-state index >= 15 is 0 Å². The van der Waals surface area contributed by atoms with Crippen molar-refractivity contribution >= 4 is 34.2 Å². The van der Waals surface area contributed by atoms with E-state index in [1.54, 1.807) is 6.07 Å². The normalized spacial score (nSPS) is 22.8. The third-order valence-corrected chi connectivity index (χ3v) is 5.88. The number of anilines is 2. The lowest BCUT2D eigenvalue weighted by atomic mass is 10.1. The fourth-order valence-corrected chi connectivity index (χ4v) is 4.31. The molecule has 10 heteroatoms. The summed E-state index contributed by atoms with van der Waals surface area (Å²) >= 11 is 0. The number of imide groups is 1. The summed E-state index contributed by atoms with van der Waals surface area (Å²) in [4.78, 5) is 33.3. The van der Waals surface area contributed by atoms with Crippen molar-refractivity contribution in [3.63, 3.8) is 0 Å². The van der Waals surface area contributed by atoms with Crippen LogP contribution in [0.3, 0.4) is 0 Å². The number of amides is 3. The number of fused-ring (bicyclic) bond motifs is 1. The van der Waals surface area contributed by atoms with Gasteiger partial charge in [-0.3, -0.25) is 14.7 Å². The highest BCUT2D eigenvalue weighted by atomic mass is 19.4. The van der Waals surface area contributed by atoms with E-state index in [0.717, 1.165) is 17.0 Å². The van der Waals surface area contributed by atoms with Crippen LogP contribution in [0.15, 0.2) is 54.7 Å². The van der Waals surface area contributed by atoms with Gasteiger partial charge in [-0.1, -0.05) is 6.92 Å². The molecule has 1 spiro atoms. The Labute approximate surface area is 179 Å². The van der Waals surface area contributed by atoms with E-state index < -0.39 is 35.4 Å². The highest BCUT2D eigenvalue weighted by molar-refractivity contribution is 6.32. The maximum Gasteiger partial charge on any atom is 0.573 e. The van der Waals surface area contributed by atoms with Crippen molar-refractivity contribution in [2.45, 2.75) is 25.2 Å². The van der Waals surface area contributed by atoms with Crippen molar-refractivity contribution in [1.29, 1.82) is 0 Å². The molecule has 2 unspecified atom stereocenters. The molecule has 5 rings (SSSR count). The molecule has 3 amide bonds. The van der Waals surface area contributed by atoms with E-state index in [9.17, 15) is 27.2 Å². The Morgan fingerprint density at radius 3 is 2.41 bits per heavy atom. The monoisotopic (exact) mass is 445 g/mol. The maximum absolute atomic E-state index is 14.0. The summed E-state index contributed by atoms with van der Waals surface area (Å²) in [6, 6.07) is 9.36. The SMILES string of the molecule is CC1CC12C(=O)N(c1ccc(OC(F)(F)F)cc1)C(=O)N2c1ccnc2ccc(F)cc12. The van der Waals surface area contributed by atoms with Gasteiger partial charge < -0.3 is 4.74 Å². The first-order chi connectivity index (χ1) is 15.1. The number of carbonyl (C=O) groups excluding carboxylic acids is 2. The lowest BCUT2D eigenvalue weighted by molar-refractivity contribution is -0.274. The fraction of sp³-hybridized carbons (Fsp3) is 0.227. The van der Waals surface area contributed by atoms with Crippen LogP contribution in [-0.4, -0.2) is 28.8 Å². The highest BCUT2D eigenvalue weighted by Crippen LogP contribution is 2.56. The summed E-state index contributed by atoms with van der Waals surface area (Å²) in [5.74, 6) is -1.63. The van der Waals surface area contributed by atoms with Crippen molar-refractivity contribution in [2.24, 2.45) is 5.92 Å². The van der Waals surface area contributed by atoms with E-state index in [-0.39, 0.29) is 11.6 Å². The second-order valence-corrected chi connectivity index (χ2v) is 7.82. The van der Waals surface area contributed by atoms with E-state index in [1.165, 1.54) is 41.4 Å². The summed E-state index contributed by atoms with van der Waals surface area (Å²) in [6.07, 6.45) is -2.98. The predicted molar refractivity (Wildman–Crippen MR) is 107 cm³/mol. The first-order valence-corrected chi connectivity index (χ1v) is 9.71. The summed E-state index contributed by atoms with van der Waals surface area (Å²) < 4.78 is 55.1. The third-order valence-electron chi connectivity index (χ3n) is 5.88. The molecular formula is C22H15F4N3O3. The maximum atomic E-state index is 14.0. The number of urea groups is 1. The molecule has 1 aliphatic heterocycles. The number of hydrogen-bond acceptors (Lipinski definition) is 4. The lowest BCUT2D eigenvalue weighted by Crippen LogP contribution is -2.39. The van der Waals surface area contributed by atoms with Gasteiger partial charge in [0, 0.05) is 11.6 Å². The molecule has 1 saturated carbocycles. The molecule has 2 atom stereocenters. The zero-order chi connectivity index (χ0) is 22.8. The molecular weight excluding hydrogens is 430 g/mol. The lowest BCUT2D eigenvalue weighted by Gasteiger charge is -2.23. The third kappa shape index (κ3) is 2.97. The van der Waals surface area contributed by atoms with Crippen LogP contribution in [-0.2, 0) is 4.79 Å². The molecule has 1 saturated heterocycles. The number of halogens is 4. The molecule has 3 aromatic rings. The minimum Gasteiger partial charge on any atom is -0.406 e. The number of rotatable bonds is 3. The number of aromatic nitrogens is 1. The quantitative estimate of drug-likeness (QED) is 0.419. The Morgan fingerprint density at radius 2 is 1.78 bits per heavy atom. The number of hydrogen-bond donors (Lipinski definition) is 0. The van der Waals surface area contributed by atoms with Crippen LogP contribution in [0.5, 0.6) is 5.75 Å². The average molecular weight is 445 g/mol. The molecule has 1 aliphatic carbocycles. The predicted octanol–water partition coefficient (Wildman–Crippen LogP) is 5.02. The van der Waals surface area contributed by atoms with Crippen LogP contribution in [0.25, 0.3) is 10.9 Å². The van der Waals surface area contributed by atoms with E-state index in [2.05, 4.69) is 9.72 Å². The van der Waals surface area contributed by atoms with Crippen molar-refractivity contribution < 1.29 is 31.9 Å². The second-order valence-electron chi connectivity index (χ2n) is 7.82. The molecule has 0 bridgehead atoms. The van der Waals surface area contributed by atoms with E-state index in [0.29, 0.717) is 23.0 Å². The Hall–Kier alpha value is -3.69. The minimum atomic E-state index is -4.86. The summed E-state index contributed by atoms with van der Waals surface area (Å²) in [6.45, 7) is 1.83. The number of alkyl halides is 3. The first kappa shape index (κ1) is 20.2. The fourth-order valence-electron chi connectivity index (χ4n) is 4.31. The van der Waals surface area contributed by atoms with Gasteiger partial charge in [0.15, 0.2) is 0 Å². The van der Waals surface area contributed by atoms with Gasteiger partial charge >= 0.3 is 12.4 Å². The zero-order valence-electron chi connectivity index (χ0n) is 16.6. The molecule has 1 aromatic heterocycles. The van der Waals surface area contributed by atoms with Crippen LogP contribution in [0.1, 0.15) is 13.3 Å². The first-order valence-electron chi connectivity index (χ1n) is 9.71. The Bertz CT molecular complexity index is 1260. The van der Waals surface area contributed by atoms with Gasteiger partial charge in [0.2, 0.25) is 0 Å². The molecule has 2 aliphatic rings. The topological polar surface area (TPSA) is 62.7 Å². The summed E-state index contributed by atoms with van der Waals surface area (Å²) in [5.41, 5.74) is -0.227. The van der Waals surface area contributed by atoms with Gasteiger partial charge in [0.05, 0.1) is 16.9 Å². The molecule has 2 fully saturated rings. The van der Waals surface area contributed by atoms with Crippen LogP contribution in [0, 0.1) is 11.7 Å².